The Balaban J connectivity index is 5.12. The van der Waals surface area contributed by atoms with E-state index in [0.717, 1.165) is 89.9 Å². The molecule has 2 N–H and O–H groups in total. The lowest BCUT2D eigenvalue weighted by Gasteiger charge is -2.27. The molecule has 0 aromatic carbocycles. The lowest BCUT2D eigenvalue weighted by Crippen LogP contribution is -2.47. The molecule has 0 bridgehead atoms. The molecule has 492 valence electrons. The van der Waals surface area contributed by atoms with Gasteiger partial charge in [-0.25, -0.2) is 4.57 Å². The van der Waals surface area contributed by atoms with Gasteiger partial charge in [-0.2, -0.15) is 0 Å². The van der Waals surface area contributed by atoms with Crippen molar-refractivity contribution in [2.45, 2.75) is 328 Å². The molecule has 0 aromatic heterocycles. The molecule has 0 aliphatic rings. The highest BCUT2D eigenvalue weighted by molar-refractivity contribution is 7.47. The van der Waals surface area contributed by atoms with Gasteiger partial charge < -0.3 is 19.4 Å². The number of rotatable bonds is 64. The first kappa shape index (κ1) is 81.9. The number of phosphoric ester groups is 1. The van der Waals surface area contributed by atoms with E-state index in [1.807, 2.05) is 33.3 Å². The molecule has 10 heteroatoms. The highest BCUT2D eigenvalue weighted by atomic mass is 31.2. The smallest absolute Gasteiger partial charge is 0.456 e. The van der Waals surface area contributed by atoms with Crippen LogP contribution < -0.4 is 5.32 Å². The number of nitrogens with zero attached hydrogens (tertiary/aromatic N) is 1. The fourth-order valence-electron chi connectivity index (χ4n) is 9.99. The minimum Gasteiger partial charge on any atom is -0.456 e. The minimum absolute atomic E-state index is 0.0305. The lowest BCUT2D eigenvalue weighted by molar-refractivity contribution is -0.870. The second kappa shape index (κ2) is 63.9. The van der Waals surface area contributed by atoms with Gasteiger partial charge in [-0.1, -0.05) is 285 Å². The summed E-state index contributed by atoms with van der Waals surface area (Å²) in [5.74, 6) is -0.537. The molecule has 0 saturated heterocycles. The van der Waals surface area contributed by atoms with Crippen molar-refractivity contribution in [3.8, 4) is 0 Å². The molecular weight excluding hydrogens is 1070 g/mol. The molecular formula is C75H136N2O7P+. The lowest BCUT2D eigenvalue weighted by atomic mass is 10.0. The molecule has 0 radical (unpaired) electrons. The van der Waals surface area contributed by atoms with Crippen molar-refractivity contribution in [2.24, 2.45) is 0 Å². The fraction of sp³-hybridized carbons (Fsp3) is 0.760. The number of likely N-dealkylation sites (N-methyl/N-ethyl adjacent to an activating group) is 1. The zero-order valence-electron chi connectivity index (χ0n) is 56.3. The summed E-state index contributed by atoms with van der Waals surface area (Å²) in [7, 11) is 1.47. The van der Waals surface area contributed by atoms with Crippen LogP contribution in [0.5, 0.6) is 0 Å². The van der Waals surface area contributed by atoms with Gasteiger partial charge in [0.25, 0.3) is 0 Å². The van der Waals surface area contributed by atoms with E-state index in [4.69, 9.17) is 13.8 Å². The third-order valence-electron chi connectivity index (χ3n) is 15.5. The number of carbonyl (C=O) groups is 2. The van der Waals surface area contributed by atoms with E-state index in [1.165, 1.54) is 186 Å². The zero-order chi connectivity index (χ0) is 62.1. The number of quaternary nitrogens is 1. The monoisotopic (exact) mass is 1210 g/mol. The third-order valence-corrected chi connectivity index (χ3v) is 16.5. The molecule has 0 fully saturated rings. The number of esters is 1. The predicted molar refractivity (Wildman–Crippen MR) is 369 cm³/mol. The number of amides is 1. The number of hydrogen-bond donors (Lipinski definition) is 2. The maximum Gasteiger partial charge on any atom is 0.472 e. The minimum atomic E-state index is -4.47. The summed E-state index contributed by atoms with van der Waals surface area (Å²) in [5, 5.41) is 3.05. The van der Waals surface area contributed by atoms with E-state index in [2.05, 4.69) is 111 Å². The van der Waals surface area contributed by atoms with Crippen molar-refractivity contribution in [1.82, 2.24) is 5.32 Å². The van der Waals surface area contributed by atoms with Crippen molar-refractivity contribution in [3.63, 3.8) is 0 Å². The molecule has 0 spiro atoms. The topological polar surface area (TPSA) is 111 Å². The van der Waals surface area contributed by atoms with Gasteiger partial charge in [-0.3, -0.25) is 18.6 Å². The van der Waals surface area contributed by atoms with Gasteiger partial charge in [-0.05, 0) is 115 Å². The Morgan fingerprint density at radius 2 is 0.718 bits per heavy atom. The molecule has 3 unspecified atom stereocenters. The number of allylic oxidation sites excluding steroid dienone is 15. The zero-order valence-corrected chi connectivity index (χ0v) is 57.2. The number of hydrogen-bond acceptors (Lipinski definition) is 6. The van der Waals surface area contributed by atoms with E-state index in [0.29, 0.717) is 23.9 Å². The molecule has 0 aliphatic heterocycles. The van der Waals surface area contributed by atoms with Crippen LogP contribution in [0.1, 0.15) is 316 Å². The SMILES string of the molecule is CCCCC/C=C\C/C=C\C/C=C\C/C=C\CCCCCC(=O)NC(COP(=O)(O)OCC[N+](C)(C)C)C(/C=C\CCCCCCCCCCCCC)OC(=O)CCCCCCCCCCCCCCCC/C=C\C/C=C\C/C=C\CCCCC. The van der Waals surface area contributed by atoms with Gasteiger partial charge in [0.2, 0.25) is 5.91 Å². The largest absolute Gasteiger partial charge is 0.472 e. The number of ether oxygens (including phenoxy) is 1. The summed E-state index contributed by atoms with van der Waals surface area (Å²) >= 11 is 0. The summed E-state index contributed by atoms with van der Waals surface area (Å²) in [6, 6.07) is -0.871. The first-order valence-electron chi connectivity index (χ1n) is 35.6. The van der Waals surface area contributed by atoms with Crippen LogP contribution in [-0.2, 0) is 27.9 Å². The molecule has 0 saturated carbocycles. The van der Waals surface area contributed by atoms with Crippen LogP contribution in [0.3, 0.4) is 0 Å². The van der Waals surface area contributed by atoms with E-state index in [1.54, 1.807) is 0 Å². The summed E-state index contributed by atoms with van der Waals surface area (Å²) in [5.41, 5.74) is 0. The molecule has 0 heterocycles. The van der Waals surface area contributed by atoms with Crippen molar-refractivity contribution < 1.29 is 37.3 Å². The Labute approximate surface area is 526 Å². The molecule has 0 aliphatic carbocycles. The van der Waals surface area contributed by atoms with E-state index in [9.17, 15) is 19.0 Å². The second-order valence-electron chi connectivity index (χ2n) is 25.0. The first-order valence-corrected chi connectivity index (χ1v) is 37.1. The Morgan fingerprint density at radius 1 is 0.412 bits per heavy atom. The van der Waals surface area contributed by atoms with Gasteiger partial charge in [0.1, 0.15) is 19.3 Å². The predicted octanol–water partition coefficient (Wildman–Crippen LogP) is 22.7. The van der Waals surface area contributed by atoms with Crippen molar-refractivity contribution in [2.75, 3.05) is 40.9 Å². The standard InChI is InChI=1S/C75H135N2O7P/c1-7-10-13-16-19-22-25-28-30-32-34-35-36-37-38-39-40-41-43-45-47-50-53-56-59-62-65-68-75(79)84-73(66-63-60-57-54-51-48-27-24-21-18-15-12-9-3)72(71-83-85(80,81)82-70-69-77(4,5)6)76-74(78)67-64-61-58-55-52-49-46-44-42-33-31-29-26-23-20-17-14-11-8-2/h19-20,22-23,28-31,34-35,42,44,49,52,63,66,72-73H,7-18,21,24-27,32-33,36-41,43,45-48,50-51,53-62,64-65,67-71H2,1-6H3,(H-,76,78,80,81)/p+1/b22-19-,23-20-,30-28-,31-29-,35-34-,44-42-,52-49-,66-63-. The van der Waals surface area contributed by atoms with Crippen molar-refractivity contribution >= 4 is 19.7 Å². The maximum absolute atomic E-state index is 13.6. The van der Waals surface area contributed by atoms with Crippen molar-refractivity contribution in [3.05, 3.63) is 97.2 Å². The molecule has 85 heavy (non-hydrogen) atoms. The van der Waals surface area contributed by atoms with E-state index < -0.39 is 20.0 Å². The van der Waals surface area contributed by atoms with Crippen LogP contribution in [-0.4, -0.2) is 74.3 Å². The molecule has 9 nitrogen and oxygen atoms in total. The summed E-state index contributed by atoms with van der Waals surface area (Å²) in [6.45, 7) is 6.95. The molecule has 0 aromatic rings. The van der Waals surface area contributed by atoms with Gasteiger partial charge in [0.15, 0.2) is 0 Å². The number of unbranched alkanes of at least 4 members (excludes halogenated alkanes) is 34. The molecule has 0 rings (SSSR count). The number of nitrogens with one attached hydrogen (secondary N) is 1. The Bertz CT molecular complexity index is 1780. The third kappa shape index (κ3) is 65.2. The number of carbonyl (C=O) groups excluding carboxylic acids is 2. The van der Waals surface area contributed by atoms with Gasteiger partial charge >= 0.3 is 13.8 Å². The Kier molecular flexibility index (Phi) is 61.6. The quantitative estimate of drug-likeness (QED) is 0.0205. The van der Waals surface area contributed by atoms with Crippen LogP contribution in [0.2, 0.25) is 0 Å². The fourth-order valence-corrected chi connectivity index (χ4v) is 10.7. The Morgan fingerprint density at radius 3 is 1.11 bits per heavy atom. The summed E-state index contributed by atoms with van der Waals surface area (Å²) in [4.78, 5) is 37.9. The Hall–Kier alpha value is -3.07. The second-order valence-corrected chi connectivity index (χ2v) is 26.5. The van der Waals surface area contributed by atoms with Crippen molar-refractivity contribution in [1.29, 1.82) is 0 Å². The van der Waals surface area contributed by atoms with Crippen LogP contribution >= 0.6 is 7.82 Å². The first-order chi connectivity index (χ1) is 41.4. The van der Waals surface area contributed by atoms with Crippen LogP contribution in [0.25, 0.3) is 0 Å². The average Bonchev–Trinajstić information content (AvgIpc) is 3.50. The molecule has 1 amide bonds. The van der Waals surface area contributed by atoms with Gasteiger partial charge in [0, 0.05) is 12.8 Å². The van der Waals surface area contributed by atoms with Crippen LogP contribution in [0.15, 0.2) is 97.2 Å². The maximum atomic E-state index is 13.6. The van der Waals surface area contributed by atoms with Crippen LogP contribution in [0, 0.1) is 0 Å². The highest BCUT2D eigenvalue weighted by Gasteiger charge is 2.30. The number of phosphoric acid groups is 1. The summed E-state index contributed by atoms with van der Waals surface area (Å²) in [6.07, 6.45) is 87.0. The van der Waals surface area contributed by atoms with E-state index >= 15 is 0 Å². The average molecular weight is 1210 g/mol. The molecule has 3 atom stereocenters. The van der Waals surface area contributed by atoms with E-state index in [-0.39, 0.29) is 31.5 Å². The summed E-state index contributed by atoms with van der Waals surface area (Å²) < 4.78 is 30.8. The normalized spacial score (nSPS) is 14.1. The van der Waals surface area contributed by atoms with Gasteiger partial charge in [-0.15, -0.1) is 0 Å². The van der Waals surface area contributed by atoms with Gasteiger partial charge in [0.05, 0.1) is 33.8 Å². The highest BCUT2D eigenvalue weighted by Crippen LogP contribution is 2.43. The van der Waals surface area contributed by atoms with Crippen LogP contribution in [0.4, 0.5) is 0 Å².